The van der Waals surface area contributed by atoms with Crippen molar-refractivity contribution in [3.05, 3.63) is 35.8 Å². The average Bonchev–Trinajstić information content (AvgIpc) is 2.58. The first kappa shape index (κ1) is 12.4. The van der Waals surface area contributed by atoms with Crippen molar-refractivity contribution in [3.8, 4) is 11.3 Å². The third-order valence-electron chi connectivity index (χ3n) is 2.51. The second-order valence-corrected chi connectivity index (χ2v) is 3.76. The standard InChI is InChI=1S/C11H9F4N3/c1-18-10(9(16)5-17-18)7-3-2-6(12)4-8(7)11(13,14)15/h2-5H,16H2,1H3. The van der Waals surface area contributed by atoms with Gasteiger partial charge >= 0.3 is 6.18 Å². The number of hydrogen-bond acceptors (Lipinski definition) is 2. The van der Waals surface area contributed by atoms with Crippen LogP contribution in [0.4, 0.5) is 23.2 Å². The quantitative estimate of drug-likeness (QED) is 0.800. The molecular weight excluding hydrogens is 250 g/mol. The maximum Gasteiger partial charge on any atom is 0.417 e. The smallest absolute Gasteiger partial charge is 0.396 e. The van der Waals surface area contributed by atoms with Crippen LogP contribution in [-0.2, 0) is 13.2 Å². The fourth-order valence-electron chi connectivity index (χ4n) is 1.74. The fraction of sp³-hybridized carbons (Fsp3) is 0.182. The Kier molecular flexibility index (Phi) is 2.76. The van der Waals surface area contributed by atoms with E-state index in [1.165, 1.54) is 17.9 Å². The van der Waals surface area contributed by atoms with E-state index in [2.05, 4.69) is 5.10 Å². The second-order valence-electron chi connectivity index (χ2n) is 3.76. The maximum atomic E-state index is 13.0. The van der Waals surface area contributed by atoms with Gasteiger partial charge in [0.05, 0.1) is 23.1 Å². The van der Waals surface area contributed by atoms with Crippen molar-refractivity contribution in [2.75, 3.05) is 5.73 Å². The van der Waals surface area contributed by atoms with Gasteiger partial charge in [0, 0.05) is 12.6 Å². The minimum absolute atomic E-state index is 0.106. The number of anilines is 1. The van der Waals surface area contributed by atoms with Crippen molar-refractivity contribution >= 4 is 5.69 Å². The van der Waals surface area contributed by atoms with Crippen LogP contribution in [0.2, 0.25) is 0 Å². The van der Waals surface area contributed by atoms with Crippen molar-refractivity contribution in [3.63, 3.8) is 0 Å². The molecule has 0 unspecified atom stereocenters. The molecule has 2 aromatic rings. The van der Waals surface area contributed by atoms with Gasteiger partial charge in [0.25, 0.3) is 0 Å². The van der Waals surface area contributed by atoms with Crippen LogP contribution in [0.3, 0.4) is 0 Å². The van der Waals surface area contributed by atoms with Gasteiger partial charge in [-0.05, 0) is 18.2 Å². The first-order valence-corrected chi connectivity index (χ1v) is 4.95. The first-order chi connectivity index (χ1) is 8.30. The Balaban J connectivity index is 2.73. The number of hydrogen-bond donors (Lipinski definition) is 1. The van der Waals surface area contributed by atoms with E-state index in [0.717, 1.165) is 12.1 Å². The van der Waals surface area contributed by atoms with Crippen LogP contribution in [0.5, 0.6) is 0 Å². The largest absolute Gasteiger partial charge is 0.417 e. The molecule has 18 heavy (non-hydrogen) atoms. The van der Waals surface area contributed by atoms with Gasteiger partial charge in [-0.15, -0.1) is 0 Å². The number of halogens is 4. The molecule has 2 rings (SSSR count). The predicted octanol–water partition coefficient (Wildman–Crippen LogP) is 2.83. The SMILES string of the molecule is Cn1ncc(N)c1-c1ccc(F)cc1C(F)(F)F. The molecule has 0 radical (unpaired) electrons. The van der Waals surface area contributed by atoms with Crippen LogP contribution < -0.4 is 5.73 Å². The average molecular weight is 259 g/mol. The van der Waals surface area contributed by atoms with E-state index in [4.69, 9.17) is 5.73 Å². The van der Waals surface area contributed by atoms with Crippen molar-refractivity contribution < 1.29 is 17.6 Å². The lowest BCUT2D eigenvalue weighted by molar-refractivity contribution is -0.137. The molecule has 0 amide bonds. The molecular formula is C11H9F4N3. The number of nitrogens with zero attached hydrogens (tertiary/aromatic N) is 2. The van der Waals surface area contributed by atoms with Crippen molar-refractivity contribution in [1.82, 2.24) is 9.78 Å². The van der Waals surface area contributed by atoms with Gasteiger partial charge in [0.15, 0.2) is 0 Å². The number of nitrogen functional groups attached to an aromatic ring is 1. The van der Waals surface area contributed by atoms with E-state index in [0.29, 0.717) is 6.07 Å². The molecule has 0 spiro atoms. The molecule has 1 heterocycles. The summed E-state index contributed by atoms with van der Waals surface area (Å²) in [7, 11) is 1.47. The van der Waals surface area contributed by atoms with Crippen molar-refractivity contribution in [2.24, 2.45) is 7.05 Å². The van der Waals surface area contributed by atoms with Crippen LogP contribution in [0.1, 0.15) is 5.56 Å². The molecule has 1 aromatic heterocycles. The Morgan fingerprint density at radius 3 is 2.44 bits per heavy atom. The Hall–Kier alpha value is -2.05. The Bertz CT molecular complexity index is 567. The van der Waals surface area contributed by atoms with Gasteiger partial charge < -0.3 is 5.73 Å². The molecule has 3 nitrogen and oxygen atoms in total. The predicted molar refractivity (Wildman–Crippen MR) is 58.0 cm³/mol. The summed E-state index contributed by atoms with van der Waals surface area (Å²) in [4.78, 5) is 0. The summed E-state index contributed by atoms with van der Waals surface area (Å²) in [5, 5.41) is 3.77. The summed E-state index contributed by atoms with van der Waals surface area (Å²) < 4.78 is 52.7. The number of rotatable bonds is 1. The Morgan fingerprint density at radius 2 is 1.94 bits per heavy atom. The molecule has 0 saturated carbocycles. The monoisotopic (exact) mass is 259 g/mol. The summed E-state index contributed by atoms with van der Waals surface area (Å²) >= 11 is 0. The molecule has 0 saturated heterocycles. The molecule has 0 aliphatic rings. The summed E-state index contributed by atoms with van der Waals surface area (Å²) in [6.45, 7) is 0. The highest BCUT2D eigenvalue weighted by atomic mass is 19.4. The van der Waals surface area contributed by atoms with E-state index in [-0.39, 0.29) is 16.9 Å². The highest BCUT2D eigenvalue weighted by molar-refractivity contribution is 5.75. The first-order valence-electron chi connectivity index (χ1n) is 4.95. The minimum atomic E-state index is -4.66. The third-order valence-corrected chi connectivity index (χ3v) is 2.51. The molecule has 0 aliphatic carbocycles. The lowest BCUT2D eigenvalue weighted by atomic mass is 10.0. The lowest BCUT2D eigenvalue weighted by Gasteiger charge is -2.13. The lowest BCUT2D eigenvalue weighted by Crippen LogP contribution is -2.09. The fourth-order valence-corrected chi connectivity index (χ4v) is 1.74. The summed E-state index contributed by atoms with van der Waals surface area (Å²) in [6.07, 6.45) is -3.41. The van der Waals surface area contributed by atoms with Crippen LogP contribution in [0, 0.1) is 5.82 Å². The van der Waals surface area contributed by atoms with Crippen LogP contribution >= 0.6 is 0 Å². The van der Waals surface area contributed by atoms with Crippen LogP contribution in [0.25, 0.3) is 11.3 Å². The van der Waals surface area contributed by atoms with Gasteiger partial charge in [-0.3, -0.25) is 4.68 Å². The van der Waals surface area contributed by atoms with Gasteiger partial charge in [-0.1, -0.05) is 0 Å². The maximum absolute atomic E-state index is 13.0. The zero-order valence-electron chi connectivity index (χ0n) is 9.29. The van der Waals surface area contributed by atoms with Gasteiger partial charge in [-0.2, -0.15) is 18.3 Å². The second kappa shape index (κ2) is 4.01. The van der Waals surface area contributed by atoms with E-state index >= 15 is 0 Å². The topological polar surface area (TPSA) is 43.8 Å². The highest BCUT2D eigenvalue weighted by Gasteiger charge is 2.35. The molecule has 0 fully saturated rings. The van der Waals surface area contributed by atoms with Crippen LogP contribution in [0.15, 0.2) is 24.4 Å². The van der Waals surface area contributed by atoms with E-state index in [1.54, 1.807) is 0 Å². The number of aryl methyl sites for hydroxylation is 1. The normalized spacial score (nSPS) is 11.8. The zero-order chi connectivity index (χ0) is 13.5. The Morgan fingerprint density at radius 1 is 1.28 bits per heavy atom. The Labute approximate surface area is 99.8 Å². The molecule has 0 bridgehead atoms. The third kappa shape index (κ3) is 2.03. The van der Waals surface area contributed by atoms with E-state index < -0.39 is 17.6 Å². The molecule has 0 atom stereocenters. The van der Waals surface area contributed by atoms with Gasteiger partial charge in [-0.25, -0.2) is 4.39 Å². The zero-order valence-corrected chi connectivity index (χ0v) is 9.29. The van der Waals surface area contributed by atoms with E-state index in [1.807, 2.05) is 0 Å². The van der Waals surface area contributed by atoms with E-state index in [9.17, 15) is 17.6 Å². The molecule has 0 aliphatic heterocycles. The summed E-state index contributed by atoms with van der Waals surface area (Å²) in [6, 6.07) is 2.45. The molecule has 7 heteroatoms. The number of alkyl halides is 3. The van der Waals surface area contributed by atoms with Crippen molar-refractivity contribution in [2.45, 2.75) is 6.18 Å². The molecule has 96 valence electrons. The number of aromatic nitrogens is 2. The van der Waals surface area contributed by atoms with Crippen molar-refractivity contribution in [1.29, 1.82) is 0 Å². The van der Waals surface area contributed by atoms with Gasteiger partial charge in [0.2, 0.25) is 0 Å². The highest BCUT2D eigenvalue weighted by Crippen LogP contribution is 2.38. The van der Waals surface area contributed by atoms with Crippen LogP contribution in [-0.4, -0.2) is 9.78 Å². The summed E-state index contributed by atoms with van der Waals surface area (Å²) in [5.41, 5.74) is 4.53. The summed E-state index contributed by atoms with van der Waals surface area (Å²) in [5.74, 6) is -0.952. The number of benzene rings is 1. The molecule has 2 N–H and O–H groups in total. The molecule has 1 aromatic carbocycles. The minimum Gasteiger partial charge on any atom is -0.396 e. The van der Waals surface area contributed by atoms with Gasteiger partial charge in [0.1, 0.15) is 5.82 Å². The number of nitrogens with two attached hydrogens (primary N) is 1.